The van der Waals surface area contributed by atoms with E-state index in [1.165, 1.54) is 0 Å². The van der Waals surface area contributed by atoms with Gasteiger partial charge in [-0.3, -0.25) is 9.78 Å². The molecule has 0 aliphatic carbocycles. The van der Waals surface area contributed by atoms with E-state index in [0.717, 1.165) is 16.8 Å². The van der Waals surface area contributed by atoms with Crippen LogP contribution in [0.5, 0.6) is 0 Å². The average molecular weight is 332 g/mol. The molecule has 0 radical (unpaired) electrons. The number of benzene rings is 2. The molecule has 4 heteroatoms. The Balaban J connectivity index is 1.84. The number of rotatable bonds is 6. The lowest BCUT2D eigenvalue weighted by atomic mass is 10.0. The fourth-order valence-corrected chi connectivity index (χ4v) is 2.65. The summed E-state index contributed by atoms with van der Waals surface area (Å²) in [5, 5.41) is 3.08. The van der Waals surface area contributed by atoms with Crippen LogP contribution in [-0.2, 0) is 11.3 Å². The van der Waals surface area contributed by atoms with Crippen molar-refractivity contribution in [2.75, 3.05) is 7.11 Å². The zero-order chi connectivity index (χ0) is 17.5. The van der Waals surface area contributed by atoms with E-state index in [0.29, 0.717) is 12.2 Å². The van der Waals surface area contributed by atoms with Gasteiger partial charge in [-0.25, -0.2) is 0 Å². The highest BCUT2D eigenvalue weighted by atomic mass is 16.5. The number of nitrogens with one attached hydrogen (secondary N) is 1. The molecule has 0 saturated carbocycles. The predicted octanol–water partition coefficient (Wildman–Crippen LogP) is 3.75. The van der Waals surface area contributed by atoms with Crippen molar-refractivity contribution in [3.05, 3.63) is 101 Å². The second-order valence-corrected chi connectivity index (χ2v) is 5.70. The fraction of sp³-hybridized carbons (Fsp3) is 0.143. The number of carbonyl (C=O) groups is 1. The Hall–Kier alpha value is -2.98. The molecule has 0 fully saturated rings. The number of hydrogen-bond acceptors (Lipinski definition) is 3. The van der Waals surface area contributed by atoms with E-state index in [-0.39, 0.29) is 11.9 Å². The lowest BCUT2D eigenvalue weighted by molar-refractivity contribution is 0.0942. The molecule has 0 saturated heterocycles. The molecule has 25 heavy (non-hydrogen) atoms. The van der Waals surface area contributed by atoms with Gasteiger partial charge in [-0.1, -0.05) is 48.5 Å². The van der Waals surface area contributed by atoms with Crippen LogP contribution in [0.1, 0.15) is 33.2 Å². The first kappa shape index (κ1) is 16.9. The molecular weight excluding hydrogens is 312 g/mol. The fourth-order valence-electron chi connectivity index (χ4n) is 2.65. The van der Waals surface area contributed by atoms with Crippen molar-refractivity contribution in [1.82, 2.24) is 10.3 Å². The quantitative estimate of drug-likeness (QED) is 0.748. The topological polar surface area (TPSA) is 51.2 Å². The number of pyridine rings is 1. The smallest absolute Gasteiger partial charge is 0.252 e. The molecule has 0 aliphatic rings. The van der Waals surface area contributed by atoms with Crippen LogP contribution in [0.3, 0.4) is 0 Å². The molecule has 1 unspecified atom stereocenters. The molecule has 4 nitrogen and oxygen atoms in total. The molecule has 1 N–H and O–H groups in total. The number of hydrogen-bond donors (Lipinski definition) is 1. The molecule has 3 rings (SSSR count). The van der Waals surface area contributed by atoms with Gasteiger partial charge >= 0.3 is 0 Å². The highest BCUT2D eigenvalue weighted by Gasteiger charge is 2.18. The molecule has 2 aromatic carbocycles. The van der Waals surface area contributed by atoms with Crippen molar-refractivity contribution >= 4 is 5.91 Å². The summed E-state index contributed by atoms with van der Waals surface area (Å²) < 4.78 is 5.10. The standard InChI is InChI=1S/C21H20N2O2/c1-25-15-16-10-12-18(13-11-16)21(24)23-20(17-7-3-2-4-8-17)19-9-5-6-14-22-19/h2-14,20H,15H2,1H3,(H,23,24). The molecule has 0 aliphatic heterocycles. The largest absolute Gasteiger partial charge is 0.380 e. The average Bonchev–Trinajstić information content (AvgIpc) is 2.68. The zero-order valence-corrected chi connectivity index (χ0v) is 14.1. The first-order chi connectivity index (χ1) is 12.3. The van der Waals surface area contributed by atoms with E-state index >= 15 is 0 Å². The molecule has 1 amide bonds. The molecule has 0 bridgehead atoms. The van der Waals surface area contributed by atoms with Crippen LogP contribution in [0.4, 0.5) is 0 Å². The normalized spacial score (nSPS) is 11.7. The van der Waals surface area contributed by atoms with Crippen LogP contribution >= 0.6 is 0 Å². The molecule has 1 atom stereocenters. The summed E-state index contributed by atoms with van der Waals surface area (Å²) in [6.45, 7) is 0.530. The van der Waals surface area contributed by atoms with E-state index in [2.05, 4.69) is 10.3 Å². The second kappa shape index (κ2) is 8.22. The van der Waals surface area contributed by atoms with Crippen molar-refractivity contribution in [2.45, 2.75) is 12.6 Å². The second-order valence-electron chi connectivity index (χ2n) is 5.70. The Morgan fingerprint density at radius 3 is 2.36 bits per heavy atom. The molecule has 0 spiro atoms. The predicted molar refractivity (Wildman–Crippen MR) is 97.1 cm³/mol. The van der Waals surface area contributed by atoms with Crippen molar-refractivity contribution in [3.63, 3.8) is 0 Å². The van der Waals surface area contributed by atoms with Crippen molar-refractivity contribution in [2.24, 2.45) is 0 Å². The van der Waals surface area contributed by atoms with Gasteiger partial charge in [0.15, 0.2) is 0 Å². The van der Waals surface area contributed by atoms with Gasteiger partial charge in [-0.15, -0.1) is 0 Å². The summed E-state index contributed by atoms with van der Waals surface area (Å²) >= 11 is 0. The van der Waals surface area contributed by atoms with E-state index in [4.69, 9.17) is 4.74 Å². The van der Waals surface area contributed by atoms with Gasteiger partial charge in [-0.05, 0) is 35.4 Å². The van der Waals surface area contributed by atoms with E-state index in [9.17, 15) is 4.79 Å². The highest BCUT2D eigenvalue weighted by molar-refractivity contribution is 5.94. The van der Waals surface area contributed by atoms with Gasteiger partial charge in [0.1, 0.15) is 0 Å². The van der Waals surface area contributed by atoms with Crippen LogP contribution in [0.25, 0.3) is 0 Å². The van der Waals surface area contributed by atoms with Gasteiger partial charge in [0.2, 0.25) is 0 Å². The van der Waals surface area contributed by atoms with Gasteiger partial charge in [0.25, 0.3) is 5.91 Å². The minimum Gasteiger partial charge on any atom is -0.380 e. The highest BCUT2D eigenvalue weighted by Crippen LogP contribution is 2.20. The number of aromatic nitrogens is 1. The summed E-state index contributed by atoms with van der Waals surface area (Å²) in [4.78, 5) is 17.1. The van der Waals surface area contributed by atoms with Gasteiger partial charge in [0, 0.05) is 18.9 Å². The lowest BCUT2D eigenvalue weighted by Gasteiger charge is -2.19. The first-order valence-corrected chi connectivity index (χ1v) is 8.12. The Kier molecular flexibility index (Phi) is 5.54. The number of nitrogens with zero attached hydrogens (tertiary/aromatic N) is 1. The van der Waals surface area contributed by atoms with Crippen molar-refractivity contribution in [3.8, 4) is 0 Å². The van der Waals surface area contributed by atoms with Gasteiger partial charge < -0.3 is 10.1 Å². The summed E-state index contributed by atoms with van der Waals surface area (Å²) in [6, 6.07) is 22.7. The summed E-state index contributed by atoms with van der Waals surface area (Å²) in [5.41, 5.74) is 3.43. The van der Waals surface area contributed by atoms with Crippen LogP contribution in [0.2, 0.25) is 0 Å². The zero-order valence-electron chi connectivity index (χ0n) is 14.1. The number of methoxy groups -OCH3 is 1. The summed E-state index contributed by atoms with van der Waals surface area (Å²) in [7, 11) is 1.65. The third-order valence-corrected chi connectivity index (χ3v) is 3.92. The van der Waals surface area contributed by atoms with Gasteiger partial charge in [0.05, 0.1) is 18.3 Å². The SMILES string of the molecule is COCc1ccc(C(=O)NC(c2ccccc2)c2ccccn2)cc1. The number of ether oxygens (including phenoxy) is 1. The summed E-state index contributed by atoms with van der Waals surface area (Å²) in [5.74, 6) is -0.136. The van der Waals surface area contributed by atoms with Crippen molar-refractivity contribution < 1.29 is 9.53 Å². The van der Waals surface area contributed by atoms with Gasteiger partial charge in [-0.2, -0.15) is 0 Å². The van der Waals surface area contributed by atoms with Crippen LogP contribution < -0.4 is 5.32 Å². The monoisotopic (exact) mass is 332 g/mol. The van der Waals surface area contributed by atoms with Crippen LogP contribution in [-0.4, -0.2) is 18.0 Å². The van der Waals surface area contributed by atoms with Crippen LogP contribution in [0, 0.1) is 0 Å². The molecule has 1 heterocycles. The Labute approximate surface area is 147 Å². The number of carbonyl (C=O) groups excluding carboxylic acids is 1. The maximum Gasteiger partial charge on any atom is 0.252 e. The Morgan fingerprint density at radius 2 is 1.72 bits per heavy atom. The third kappa shape index (κ3) is 4.31. The third-order valence-electron chi connectivity index (χ3n) is 3.92. The molecular formula is C21H20N2O2. The molecule has 1 aromatic heterocycles. The summed E-state index contributed by atoms with van der Waals surface area (Å²) in [6.07, 6.45) is 1.73. The minimum absolute atomic E-state index is 0.136. The lowest BCUT2D eigenvalue weighted by Crippen LogP contribution is -2.29. The Morgan fingerprint density at radius 1 is 1.00 bits per heavy atom. The van der Waals surface area contributed by atoms with Crippen LogP contribution in [0.15, 0.2) is 79.0 Å². The van der Waals surface area contributed by atoms with Crippen molar-refractivity contribution in [1.29, 1.82) is 0 Å². The number of amides is 1. The molecule has 3 aromatic rings. The molecule has 126 valence electrons. The van der Waals surface area contributed by atoms with E-state index in [1.807, 2.05) is 72.8 Å². The maximum atomic E-state index is 12.7. The maximum absolute atomic E-state index is 12.7. The minimum atomic E-state index is -0.298. The van der Waals surface area contributed by atoms with E-state index in [1.54, 1.807) is 13.3 Å². The Bertz CT molecular complexity index is 763. The van der Waals surface area contributed by atoms with E-state index < -0.39 is 0 Å². The first-order valence-electron chi connectivity index (χ1n) is 8.12.